The van der Waals surface area contributed by atoms with Crippen molar-refractivity contribution in [2.75, 3.05) is 27.7 Å². The number of likely N-dealkylation sites (N-methyl/N-ethyl adjacent to an activating group) is 1. The minimum atomic E-state index is -4.99. The van der Waals surface area contributed by atoms with Crippen molar-refractivity contribution in [2.24, 2.45) is 0 Å². The van der Waals surface area contributed by atoms with Gasteiger partial charge >= 0.3 is 18.4 Å². The van der Waals surface area contributed by atoms with Gasteiger partial charge in [-0.25, -0.2) is 9.18 Å². The number of nitrogens with zero attached hydrogens (tertiary/aromatic N) is 3. The summed E-state index contributed by atoms with van der Waals surface area (Å²) in [6.45, 7) is 3.45. The molecule has 204 valence electrons. The van der Waals surface area contributed by atoms with Crippen LogP contribution in [0.1, 0.15) is 59.7 Å². The van der Waals surface area contributed by atoms with Crippen molar-refractivity contribution in [3.63, 3.8) is 0 Å². The summed E-state index contributed by atoms with van der Waals surface area (Å²) in [6.07, 6.45) is -8.58. The number of piperidine rings is 1. The van der Waals surface area contributed by atoms with E-state index < -0.39 is 47.4 Å². The molecule has 0 saturated carbocycles. The number of aryl methyl sites for hydroxylation is 1. The Morgan fingerprint density at radius 1 is 0.973 bits per heavy atom. The van der Waals surface area contributed by atoms with Crippen LogP contribution in [0.15, 0.2) is 36.4 Å². The van der Waals surface area contributed by atoms with Crippen molar-refractivity contribution >= 4 is 6.03 Å². The first kappa shape index (κ1) is 28.7. The van der Waals surface area contributed by atoms with E-state index in [9.17, 15) is 35.5 Å². The summed E-state index contributed by atoms with van der Waals surface area (Å²) in [5.74, 6) is -0.424. The van der Waals surface area contributed by atoms with Gasteiger partial charge in [0, 0.05) is 19.6 Å². The van der Waals surface area contributed by atoms with Crippen molar-refractivity contribution in [3.05, 3.63) is 70.0 Å². The van der Waals surface area contributed by atoms with E-state index in [1.54, 1.807) is 17.9 Å². The van der Waals surface area contributed by atoms with E-state index in [2.05, 4.69) is 0 Å². The topological polar surface area (TPSA) is 26.8 Å². The zero-order valence-electron chi connectivity index (χ0n) is 21.2. The van der Waals surface area contributed by atoms with Gasteiger partial charge in [0.2, 0.25) is 0 Å². The number of hydrogen-bond donors (Lipinski definition) is 0. The van der Waals surface area contributed by atoms with Crippen LogP contribution in [0.25, 0.3) is 0 Å². The van der Waals surface area contributed by atoms with E-state index in [4.69, 9.17) is 0 Å². The molecule has 0 bridgehead atoms. The number of amides is 2. The lowest BCUT2D eigenvalue weighted by Crippen LogP contribution is -2.53. The zero-order valence-corrected chi connectivity index (χ0v) is 21.2. The highest BCUT2D eigenvalue weighted by Crippen LogP contribution is 2.40. The second-order valence-corrected chi connectivity index (χ2v) is 9.72. The van der Waals surface area contributed by atoms with Crippen LogP contribution in [0.4, 0.5) is 35.5 Å². The highest BCUT2D eigenvalue weighted by Gasteiger charge is 2.41. The number of urea groups is 1. The van der Waals surface area contributed by atoms with E-state index in [0.29, 0.717) is 30.7 Å². The lowest BCUT2D eigenvalue weighted by molar-refractivity contribution is -0.143. The van der Waals surface area contributed by atoms with Gasteiger partial charge in [0.05, 0.1) is 23.2 Å². The molecule has 0 N–H and O–H groups in total. The molecule has 1 fully saturated rings. The van der Waals surface area contributed by atoms with Crippen LogP contribution >= 0.6 is 0 Å². The van der Waals surface area contributed by atoms with Crippen LogP contribution < -0.4 is 0 Å². The Morgan fingerprint density at radius 2 is 1.54 bits per heavy atom. The number of carbonyl (C=O) groups is 1. The summed E-state index contributed by atoms with van der Waals surface area (Å²) in [5, 5.41) is 0. The average Bonchev–Trinajstić information content (AvgIpc) is 2.80. The lowest BCUT2D eigenvalue weighted by atomic mass is 9.87. The van der Waals surface area contributed by atoms with E-state index in [1.807, 2.05) is 19.0 Å². The first-order valence-corrected chi connectivity index (χ1v) is 11.8. The number of alkyl halides is 6. The summed E-state index contributed by atoms with van der Waals surface area (Å²) < 4.78 is 94.1. The van der Waals surface area contributed by atoms with Gasteiger partial charge in [-0.05, 0) is 87.8 Å². The lowest BCUT2D eigenvalue weighted by Gasteiger charge is -2.46. The van der Waals surface area contributed by atoms with Gasteiger partial charge in [-0.2, -0.15) is 26.3 Å². The molecular weight excluding hydrogens is 503 g/mol. The van der Waals surface area contributed by atoms with Gasteiger partial charge in [-0.3, -0.25) is 0 Å². The van der Waals surface area contributed by atoms with Crippen molar-refractivity contribution < 1.29 is 35.5 Å². The minimum absolute atomic E-state index is 0.0672. The molecule has 3 rings (SSSR count). The summed E-state index contributed by atoms with van der Waals surface area (Å²) in [5.41, 5.74) is -1.78. The third-order valence-electron chi connectivity index (χ3n) is 7.03. The molecule has 1 saturated heterocycles. The standard InChI is InChI=1S/C26H30F7N3O/c1-15-11-20(27)8-9-21(15)23-22(34(3)4)7-6-10-36(23)24(37)35(5)16(2)17-12-18(25(28,29)30)14-19(13-17)26(31,32)33/h8-9,11-14,16,22-23H,6-7,10H2,1-5H3. The first-order valence-electron chi connectivity index (χ1n) is 11.8. The molecule has 3 atom stereocenters. The van der Waals surface area contributed by atoms with Gasteiger partial charge in [-0.15, -0.1) is 0 Å². The van der Waals surface area contributed by atoms with E-state index in [1.165, 1.54) is 26.1 Å². The average molecular weight is 534 g/mol. The fourth-order valence-electron chi connectivity index (χ4n) is 4.89. The number of benzene rings is 2. The van der Waals surface area contributed by atoms with Crippen LogP contribution in [-0.4, -0.2) is 54.5 Å². The Morgan fingerprint density at radius 3 is 2.03 bits per heavy atom. The molecule has 1 heterocycles. The molecule has 4 nitrogen and oxygen atoms in total. The highest BCUT2D eigenvalue weighted by molar-refractivity contribution is 5.75. The first-order chi connectivity index (χ1) is 17.0. The smallest absolute Gasteiger partial charge is 0.321 e. The monoisotopic (exact) mass is 533 g/mol. The third-order valence-corrected chi connectivity index (χ3v) is 7.03. The van der Waals surface area contributed by atoms with Crippen molar-refractivity contribution in [1.82, 2.24) is 14.7 Å². The number of rotatable bonds is 4. The van der Waals surface area contributed by atoms with E-state index in [0.717, 1.165) is 16.9 Å². The van der Waals surface area contributed by atoms with Gasteiger partial charge in [-0.1, -0.05) is 6.07 Å². The molecule has 11 heteroatoms. The highest BCUT2D eigenvalue weighted by atomic mass is 19.4. The maximum Gasteiger partial charge on any atom is 0.416 e. The fraction of sp³-hybridized carbons (Fsp3) is 0.500. The number of halogens is 7. The Balaban J connectivity index is 2.01. The Kier molecular flexibility index (Phi) is 8.16. The molecule has 2 aromatic carbocycles. The van der Waals surface area contributed by atoms with Crippen molar-refractivity contribution in [2.45, 2.75) is 57.2 Å². The maximum atomic E-state index is 13.8. The second kappa shape index (κ2) is 10.5. The van der Waals surface area contributed by atoms with Crippen LogP contribution in [0, 0.1) is 12.7 Å². The summed E-state index contributed by atoms with van der Waals surface area (Å²) in [7, 11) is 5.07. The normalized spacial score (nSPS) is 19.8. The molecule has 0 aromatic heterocycles. The quantitative estimate of drug-likeness (QED) is 0.394. The molecule has 0 radical (unpaired) electrons. The Hall–Kier alpha value is -2.82. The molecule has 0 aliphatic carbocycles. The molecule has 37 heavy (non-hydrogen) atoms. The van der Waals surface area contributed by atoms with Crippen molar-refractivity contribution in [3.8, 4) is 0 Å². The van der Waals surface area contributed by atoms with Gasteiger partial charge in [0.25, 0.3) is 0 Å². The van der Waals surface area contributed by atoms with Gasteiger partial charge in [0.1, 0.15) is 5.82 Å². The number of hydrogen-bond acceptors (Lipinski definition) is 2. The van der Waals surface area contributed by atoms with Crippen LogP contribution in [0.5, 0.6) is 0 Å². The number of carbonyl (C=O) groups excluding carboxylic acids is 1. The largest absolute Gasteiger partial charge is 0.416 e. The van der Waals surface area contributed by atoms with Crippen LogP contribution in [0.2, 0.25) is 0 Å². The van der Waals surface area contributed by atoms with Crippen molar-refractivity contribution in [1.29, 1.82) is 0 Å². The summed E-state index contributed by atoms with van der Waals surface area (Å²) in [4.78, 5) is 18.4. The predicted molar refractivity (Wildman–Crippen MR) is 125 cm³/mol. The molecule has 1 aliphatic heterocycles. The number of likely N-dealkylation sites (tertiary alicyclic amines) is 1. The third kappa shape index (κ3) is 6.19. The second-order valence-electron chi connectivity index (χ2n) is 9.72. The Bertz CT molecular complexity index is 1100. The predicted octanol–water partition coefficient (Wildman–Crippen LogP) is 7.05. The van der Waals surface area contributed by atoms with E-state index >= 15 is 0 Å². The molecule has 2 amide bonds. The summed E-state index contributed by atoms with van der Waals surface area (Å²) in [6, 6.07) is 3.39. The molecule has 1 aliphatic rings. The molecule has 0 spiro atoms. The molecule has 3 unspecified atom stereocenters. The minimum Gasteiger partial charge on any atom is -0.321 e. The maximum absolute atomic E-state index is 13.8. The summed E-state index contributed by atoms with van der Waals surface area (Å²) >= 11 is 0. The SMILES string of the molecule is Cc1cc(F)ccc1C1C(N(C)C)CCCN1C(=O)N(C)C(C)c1cc(C(F)(F)F)cc(C(F)(F)F)c1. The molecular formula is C26H30F7N3O. The van der Waals surface area contributed by atoms with E-state index in [-0.39, 0.29) is 17.7 Å². The molecule has 2 aromatic rings. The van der Waals surface area contributed by atoms with Gasteiger partial charge < -0.3 is 14.7 Å². The zero-order chi connectivity index (χ0) is 27.9. The van der Waals surface area contributed by atoms with Crippen LogP contribution in [0.3, 0.4) is 0 Å². The van der Waals surface area contributed by atoms with Gasteiger partial charge in [0.15, 0.2) is 0 Å². The van der Waals surface area contributed by atoms with Crippen LogP contribution in [-0.2, 0) is 12.4 Å². The Labute approximate surface area is 211 Å². The fourth-order valence-corrected chi connectivity index (χ4v) is 4.89.